The number of hydrogen-bond acceptors (Lipinski definition) is 1. The first-order valence-corrected chi connectivity index (χ1v) is 6.79. The van der Waals surface area contributed by atoms with Crippen LogP contribution >= 0.6 is 15.9 Å². The quantitative estimate of drug-likeness (QED) is 0.906. The Balaban J connectivity index is 1.92. The minimum atomic E-state index is -0.706. The van der Waals surface area contributed by atoms with Gasteiger partial charge >= 0.3 is 0 Å². The second-order valence-corrected chi connectivity index (χ2v) is 5.23. The van der Waals surface area contributed by atoms with Crippen molar-refractivity contribution in [3.05, 3.63) is 69.7 Å². The number of rotatable bonds is 4. The van der Waals surface area contributed by atoms with Crippen LogP contribution in [-0.4, -0.2) is 5.91 Å². The molecule has 2 nitrogen and oxygen atoms in total. The van der Waals surface area contributed by atoms with E-state index in [0.717, 1.165) is 22.2 Å². The highest BCUT2D eigenvalue weighted by Crippen LogP contribution is 2.12. The lowest BCUT2D eigenvalue weighted by molar-refractivity contribution is -0.120. The molecule has 0 unspecified atom stereocenters. The van der Waals surface area contributed by atoms with Crippen LogP contribution in [-0.2, 0) is 17.8 Å². The molecule has 0 radical (unpaired) electrons. The number of nitrogens with one attached hydrogen (secondary N) is 1. The molecule has 2 rings (SSSR count). The van der Waals surface area contributed by atoms with E-state index in [1.807, 2.05) is 24.3 Å². The van der Waals surface area contributed by atoms with Crippen LogP contribution in [0.2, 0.25) is 0 Å². The van der Waals surface area contributed by atoms with Crippen molar-refractivity contribution in [2.24, 2.45) is 0 Å². The zero-order valence-electron chi connectivity index (χ0n) is 10.5. The van der Waals surface area contributed by atoms with Crippen LogP contribution in [0.4, 0.5) is 8.78 Å². The van der Waals surface area contributed by atoms with Gasteiger partial charge in [0, 0.05) is 17.1 Å². The van der Waals surface area contributed by atoms with Crippen LogP contribution in [0.1, 0.15) is 11.1 Å². The molecule has 1 amide bonds. The minimum Gasteiger partial charge on any atom is -0.352 e. The molecule has 2 aromatic carbocycles. The van der Waals surface area contributed by atoms with Crippen molar-refractivity contribution in [1.82, 2.24) is 5.32 Å². The zero-order chi connectivity index (χ0) is 14.5. The van der Waals surface area contributed by atoms with Gasteiger partial charge in [-0.25, -0.2) is 8.78 Å². The molecular weight excluding hydrogens is 328 g/mol. The molecule has 1 N–H and O–H groups in total. The van der Waals surface area contributed by atoms with Gasteiger partial charge in [0.05, 0.1) is 6.42 Å². The summed E-state index contributed by atoms with van der Waals surface area (Å²) in [7, 11) is 0. The van der Waals surface area contributed by atoms with E-state index in [2.05, 4.69) is 21.2 Å². The lowest BCUT2D eigenvalue weighted by atomic mass is 10.1. The molecule has 5 heteroatoms. The van der Waals surface area contributed by atoms with Crippen molar-refractivity contribution < 1.29 is 13.6 Å². The zero-order valence-corrected chi connectivity index (χ0v) is 12.1. The van der Waals surface area contributed by atoms with E-state index in [-0.39, 0.29) is 17.9 Å². The summed E-state index contributed by atoms with van der Waals surface area (Å²) in [6.07, 6.45) is -0.111. The van der Waals surface area contributed by atoms with Gasteiger partial charge in [0.25, 0.3) is 0 Å². The normalized spacial score (nSPS) is 10.3. The lowest BCUT2D eigenvalue weighted by Gasteiger charge is -2.07. The summed E-state index contributed by atoms with van der Waals surface area (Å²) in [4.78, 5) is 11.7. The molecular formula is C15H12BrF2NO. The molecule has 0 fully saturated rings. The Morgan fingerprint density at radius 3 is 2.65 bits per heavy atom. The van der Waals surface area contributed by atoms with E-state index < -0.39 is 11.6 Å². The summed E-state index contributed by atoms with van der Waals surface area (Å²) in [5.41, 5.74) is 1.12. The fourth-order valence-electron chi connectivity index (χ4n) is 1.75. The predicted molar refractivity (Wildman–Crippen MR) is 76.1 cm³/mol. The Bertz CT molecular complexity index is 631. The Labute approximate surface area is 123 Å². The van der Waals surface area contributed by atoms with Crippen LogP contribution in [0, 0.1) is 11.6 Å². The molecule has 0 saturated heterocycles. The maximum Gasteiger partial charge on any atom is 0.224 e. The summed E-state index contributed by atoms with van der Waals surface area (Å²) in [5, 5.41) is 2.70. The first-order valence-electron chi connectivity index (χ1n) is 5.99. The van der Waals surface area contributed by atoms with E-state index in [0.29, 0.717) is 6.54 Å². The largest absolute Gasteiger partial charge is 0.352 e. The topological polar surface area (TPSA) is 29.1 Å². The average Bonchev–Trinajstić information content (AvgIpc) is 2.40. The van der Waals surface area contributed by atoms with Crippen LogP contribution in [0.15, 0.2) is 46.9 Å². The number of halogens is 3. The Hall–Kier alpha value is -1.75. The second-order valence-electron chi connectivity index (χ2n) is 4.32. The van der Waals surface area contributed by atoms with Gasteiger partial charge in [-0.1, -0.05) is 34.1 Å². The van der Waals surface area contributed by atoms with Crippen molar-refractivity contribution in [2.45, 2.75) is 13.0 Å². The van der Waals surface area contributed by atoms with Crippen LogP contribution in [0.25, 0.3) is 0 Å². The lowest BCUT2D eigenvalue weighted by Crippen LogP contribution is -2.24. The average molecular weight is 340 g/mol. The third kappa shape index (κ3) is 4.13. The summed E-state index contributed by atoms with van der Waals surface area (Å²) < 4.78 is 27.1. The van der Waals surface area contributed by atoms with Gasteiger partial charge in [-0.3, -0.25) is 4.79 Å². The third-order valence-corrected chi connectivity index (χ3v) is 3.24. The first-order chi connectivity index (χ1) is 9.54. The monoisotopic (exact) mass is 339 g/mol. The molecule has 0 aliphatic carbocycles. The Morgan fingerprint density at radius 1 is 1.15 bits per heavy atom. The molecule has 0 aliphatic heterocycles. The van der Waals surface area contributed by atoms with Crippen molar-refractivity contribution in [3.8, 4) is 0 Å². The van der Waals surface area contributed by atoms with Crippen LogP contribution in [0.5, 0.6) is 0 Å². The van der Waals surface area contributed by atoms with Gasteiger partial charge in [-0.2, -0.15) is 0 Å². The van der Waals surface area contributed by atoms with Gasteiger partial charge in [0.15, 0.2) is 0 Å². The van der Waals surface area contributed by atoms with Crippen molar-refractivity contribution in [3.63, 3.8) is 0 Å². The van der Waals surface area contributed by atoms with Crippen molar-refractivity contribution in [1.29, 1.82) is 0 Å². The van der Waals surface area contributed by atoms with E-state index >= 15 is 0 Å². The third-order valence-electron chi connectivity index (χ3n) is 2.74. The number of hydrogen-bond donors (Lipinski definition) is 1. The predicted octanol–water partition coefficient (Wildman–Crippen LogP) is 3.59. The summed E-state index contributed by atoms with van der Waals surface area (Å²) >= 11 is 3.34. The van der Waals surface area contributed by atoms with E-state index in [1.54, 1.807) is 0 Å². The van der Waals surface area contributed by atoms with E-state index in [1.165, 1.54) is 6.07 Å². The second kappa shape index (κ2) is 6.61. The minimum absolute atomic E-state index is 0.111. The molecule has 0 aliphatic rings. The molecule has 2 aromatic rings. The highest BCUT2D eigenvalue weighted by atomic mass is 79.9. The molecule has 0 atom stereocenters. The fraction of sp³-hybridized carbons (Fsp3) is 0.133. The molecule has 0 saturated carbocycles. The fourth-order valence-corrected chi connectivity index (χ4v) is 2.19. The van der Waals surface area contributed by atoms with Gasteiger partial charge in [-0.15, -0.1) is 0 Å². The molecule has 0 bridgehead atoms. The van der Waals surface area contributed by atoms with Crippen molar-refractivity contribution in [2.75, 3.05) is 0 Å². The highest BCUT2D eigenvalue weighted by Gasteiger charge is 2.09. The molecule has 0 heterocycles. The van der Waals surface area contributed by atoms with Gasteiger partial charge in [0.1, 0.15) is 11.6 Å². The maximum absolute atomic E-state index is 13.4. The number of benzene rings is 2. The van der Waals surface area contributed by atoms with E-state index in [9.17, 15) is 13.6 Å². The number of amides is 1. The van der Waals surface area contributed by atoms with Gasteiger partial charge < -0.3 is 5.32 Å². The molecule has 20 heavy (non-hydrogen) atoms. The van der Waals surface area contributed by atoms with E-state index in [4.69, 9.17) is 0 Å². The van der Waals surface area contributed by atoms with Gasteiger partial charge in [-0.05, 0) is 29.3 Å². The molecule has 104 valence electrons. The summed E-state index contributed by atoms with van der Waals surface area (Å²) in [5.74, 6) is -1.67. The summed E-state index contributed by atoms with van der Waals surface area (Å²) in [6.45, 7) is 0.362. The molecule has 0 spiro atoms. The van der Waals surface area contributed by atoms with Crippen LogP contribution in [0.3, 0.4) is 0 Å². The Kier molecular flexibility index (Phi) is 4.84. The van der Waals surface area contributed by atoms with Gasteiger partial charge in [0.2, 0.25) is 5.91 Å². The van der Waals surface area contributed by atoms with Crippen molar-refractivity contribution >= 4 is 21.8 Å². The maximum atomic E-state index is 13.4. The van der Waals surface area contributed by atoms with Crippen LogP contribution < -0.4 is 5.32 Å². The SMILES string of the molecule is O=C(Cc1ccc(F)cc1F)NCc1cccc(Br)c1. The Morgan fingerprint density at radius 2 is 1.95 bits per heavy atom. The summed E-state index contributed by atoms with van der Waals surface area (Å²) in [6, 6.07) is 10.7. The molecule has 0 aromatic heterocycles. The standard InChI is InChI=1S/C15H12BrF2NO/c16-12-3-1-2-10(6-12)9-19-15(20)7-11-4-5-13(17)8-14(11)18/h1-6,8H,7,9H2,(H,19,20). The number of carbonyl (C=O) groups excluding carboxylic acids is 1. The smallest absolute Gasteiger partial charge is 0.224 e. The first kappa shape index (κ1) is 14.7. The number of carbonyl (C=O) groups is 1. The highest BCUT2D eigenvalue weighted by molar-refractivity contribution is 9.10.